The minimum atomic E-state index is -0.127. The summed E-state index contributed by atoms with van der Waals surface area (Å²) in [7, 11) is 0. The second-order valence-corrected chi connectivity index (χ2v) is 6.87. The van der Waals surface area contributed by atoms with Crippen LogP contribution in [0.3, 0.4) is 0 Å². The molecule has 1 aliphatic heterocycles. The summed E-state index contributed by atoms with van der Waals surface area (Å²) in [6.07, 6.45) is 5.71. The third-order valence-corrected chi connectivity index (χ3v) is 4.83. The molecule has 0 radical (unpaired) electrons. The van der Waals surface area contributed by atoms with Crippen LogP contribution in [0.1, 0.15) is 35.2 Å². The van der Waals surface area contributed by atoms with Gasteiger partial charge in [-0.15, -0.1) is 0 Å². The second-order valence-electron chi connectivity index (χ2n) is 6.87. The van der Waals surface area contributed by atoms with E-state index in [1.165, 1.54) is 25.4 Å². The molecule has 6 nitrogen and oxygen atoms in total. The molecule has 1 N–H and O–H groups in total. The van der Waals surface area contributed by atoms with Gasteiger partial charge in [-0.05, 0) is 37.6 Å². The second kappa shape index (κ2) is 9.92. The third-order valence-electron chi connectivity index (χ3n) is 4.83. The molecule has 1 saturated heterocycles. The molecule has 0 saturated carbocycles. The van der Waals surface area contributed by atoms with Gasteiger partial charge in [0, 0.05) is 32.6 Å². The number of hydrogen-bond donors (Lipinski definition) is 1. The Balaban J connectivity index is 1.51. The van der Waals surface area contributed by atoms with Crippen molar-refractivity contribution in [2.75, 3.05) is 32.7 Å². The van der Waals surface area contributed by atoms with Crippen molar-refractivity contribution in [3.63, 3.8) is 0 Å². The van der Waals surface area contributed by atoms with Crippen molar-refractivity contribution in [1.29, 1.82) is 0 Å². The summed E-state index contributed by atoms with van der Waals surface area (Å²) in [5.74, 6) is -0.148. The van der Waals surface area contributed by atoms with E-state index in [1.54, 1.807) is 11.0 Å². The normalized spacial score (nSPS) is 14.2. The number of carbonyl (C=O) groups excluding carboxylic acids is 2. The molecule has 2 heterocycles. The summed E-state index contributed by atoms with van der Waals surface area (Å²) in [5, 5.41) is 2.97. The van der Waals surface area contributed by atoms with Gasteiger partial charge in [0.05, 0.1) is 11.8 Å². The first-order chi connectivity index (χ1) is 13.2. The number of likely N-dealkylation sites (tertiary alicyclic amines) is 1. The zero-order chi connectivity index (χ0) is 18.9. The van der Waals surface area contributed by atoms with Crippen LogP contribution in [-0.4, -0.2) is 54.3 Å². The van der Waals surface area contributed by atoms with Gasteiger partial charge in [0.2, 0.25) is 5.91 Å². The number of nitrogens with one attached hydrogen (secondary N) is 1. The molecule has 1 aliphatic rings. The molecule has 2 amide bonds. The summed E-state index contributed by atoms with van der Waals surface area (Å²) in [5.41, 5.74) is 1.53. The number of furan rings is 1. The molecule has 0 aliphatic carbocycles. The van der Waals surface area contributed by atoms with E-state index in [-0.39, 0.29) is 18.2 Å². The predicted octanol–water partition coefficient (Wildman–Crippen LogP) is 2.52. The quantitative estimate of drug-likeness (QED) is 0.738. The van der Waals surface area contributed by atoms with E-state index in [1.807, 2.05) is 30.3 Å². The van der Waals surface area contributed by atoms with Crippen LogP contribution in [0, 0.1) is 0 Å². The molecule has 0 atom stereocenters. The van der Waals surface area contributed by atoms with E-state index in [9.17, 15) is 9.59 Å². The van der Waals surface area contributed by atoms with Crippen LogP contribution in [0.4, 0.5) is 0 Å². The molecule has 1 aromatic heterocycles. The molecule has 27 heavy (non-hydrogen) atoms. The minimum Gasteiger partial charge on any atom is -0.472 e. The van der Waals surface area contributed by atoms with Gasteiger partial charge in [0.1, 0.15) is 6.26 Å². The molecule has 3 rings (SSSR count). The van der Waals surface area contributed by atoms with E-state index in [0.717, 1.165) is 25.2 Å². The summed E-state index contributed by atoms with van der Waals surface area (Å²) in [6, 6.07) is 11.4. The van der Waals surface area contributed by atoms with Crippen molar-refractivity contribution >= 4 is 11.8 Å². The summed E-state index contributed by atoms with van der Waals surface area (Å²) in [6.45, 7) is 4.64. The van der Waals surface area contributed by atoms with Crippen molar-refractivity contribution in [3.05, 3.63) is 60.1 Å². The van der Waals surface area contributed by atoms with Crippen molar-refractivity contribution < 1.29 is 14.0 Å². The topological polar surface area (TPSA) is 65.8 Å². The highest BCUT2D eigenvalue weighted by atomic mass is 16.3. The van der Waals surface area contributed by atoms with Gasteiger partial charge < -0.3 is 19.5 Å². The number of amides is 2. The van der Waals surface area contributed by atoms with Crippen LogP contribution in [0.15, 0.2) is 53.3 Å². The summed E-state index contributed by atoms with van der Waals surface area (Å²) >= 11 is 0. The molecule has 0 unspecified atom stereocenters. The molecule has 6 heteroatoms. The summed E-state index contributed by atoms with van der Waals surface area (Å²) in [4.78, 5) is 29.0. The van der Waals surface area contributed by atoms with Gasteiger partial charge in [-0.2, -0.15) is 0 Å². The first kappa shape index (κ1) is 19.2. The van der Waals surface area contributed by atoms with Crippen LogP contribution in [-0.2, 0) is 11.3 Å². The number of hydrogen-bond acceptors (Lipinski definition) is 4. The van der Waals surface area contributed by atoms with E-state index >= 15 is 0 Å². The largest absolute Gasteiger partial charge is 0.472 e. The Morgan fingerprint density at radius 2 is 1.89 bits per heavy atom. The highest BCUT2D eigenvalue weighted by Crippen LogP contribution is 2.11. The summed E-state index contributed by atoms with van der Waals surface area (Å²) < 4.78 is 5.03. The van der Waals surface area contributed by atoms with Crippen LogP contribution in [0.25, 0.3) is 0 Å². The Labute approximate surface area is 160 Å². The molecule has 0 bridgehead atoms. The fourth-order valence-corrected chi connectivity index (χ4v) is 3.31. The van der Waals surface area contributed by atoms with Crippen molar-refractivity contribution in [1.82, 2.24) is 15.1 Å². The molecule has 2 aromatic rings. The number of benzene rings is 1. The lowest BCUT2D eigenvalue weighted by molar-refractivity contribution is -0.121. The molecular weight excluding hydrogens is 342 g/mol. The highest BCUT2D eigenvalue weighted by Gasteiger charge is 2.18. The first-order valence-electron chi connectivity index (χ1n) is 9.57. The van der Waals surface area contributed by atoms with Gasteiger partial charge in [0.25, 0.3) is 5.91 Å². The standard InChI is InChI=1S/C21H27N3O3/c25-20(22-10-14-23-11-4-5-12-23)8-13-24(16-18-6-2-1-3-7-18)21(26)19-9-15-27-17-19/h1-3,6-7,9,15,17H,4-5,8,10-14,16H2,(H,22,25). The Kier molecular flexibility index (Phi) is 7.04. The van der Waals surface area contributed by atoms with Crippen molar-refractivity contribution in [3.8, 4) is 0 Å². The van der Waals surface area contributed by atoms with E-state index in [4.69, 9.17) is 4.42 Å². The Hall–Kier alpha value is -2.60. The molecule has 144 valence electrons. The zero-order valence-electron chi connectivity index (χ0n) is 15.6. The van der Waals surface area contributed by atoms with Gasteiger partial charge >= 0.3 is 0 Å². The van der Waals surface area contributed by atoms with Crippen LogP contribution >= 0.6 is 0 Å². The highest BCUT2D eigenvalue weighted by molar-refractivity contribution is 5.94. The molecule has 1 fully saturated rings. The Bertz CT molecular complexity index is 710. The zero-order valence-corrected chi connectivity index (χ0v) is 15.6. The molecule has 1 aromatic carbocycles. The van der Waals surface area contributed by atoms with Gasteiger partial charge in [-0.1, -0.05) is 30.3 Å². The minimum absolute atomic E-state index is 0.0211. The predicted molar refractivity (Wildman–Crippen MR) is 103 cm³/mol. The SMILES string of the molecule is O=C(CCN(Cc1ccccc1)C(=O)c1ccoc1)NCCN1CCCC1. The fraction of sp³-hybridized carbons (Fsp3) is 0.429. The van der Waals surface area contributed by atoms with Crippen LogP contribution < -0.4 is 5.32 Å². The van der Waals surface area contributed by atoms with Crippen molar-refractivity contribution in [2.45, 2.75) is 25.8 Å². The third kappa shape index (κ3) is 5.96. The Morgan fingerprint density at radius 1 is 1.11 bits per heavy atom. The average molecular weight is 369 g/mol. The Morgan fingerprint density at radius 3 is 2.59 bits per heavy atom. The maximum atomic E-state index is 12.7. The number of carbonyl (C=O) groups is 2. The lowest BCUT2D eigenvalue weighted by atomic mass is 10.2. The van der Waals surface area contributed by atoms with Gasteiger partial charge in [-0.3, -0.25) is 9.59 Å². The lowest BCUT2D eigenvalue weighted by Crippen LogP contribution is -2.37. The maximum Gasteiger partial charge on any atom is 0.257 e. The van der Waals surface area contributed by atoms with E-state index in [0.29, 0.717) is 25.2 Å². The molecule has 0 spiro atoms. The maximum absolute atomic E-state index is 12.7. The smallest absolute Gasteiger partial charge is 0.257 e. The van der Waals surface area contributed by atoms with E-state index in [2.05, 4.69) is 10.2 Å². The van der Waals surface area contributed by atoms with Crippen LogP contribution in [0.5, 0.6) is 0 Å². The number of nitrogens with zero attached hydrogens (tertiary/aromatic N) is 2. The number of rotatable bonds is 9. The molecular formula is C21H27N3O3. The van der Waals surface area contributed by atoms with Gasteiger partial charge in [0.15, 0.2) is 0 Å². The lowest BCUT2D eigenvalue weighted by Gasteiger charge is -2.22. The monoisotopic (exact) mass is 369 g/mol. The average Bonchev–Trinajstić information content (AvgIpc) is 3.39. The van der Waals surface area contributed by atoms with Gasteiger partial charge in [-0.25, -0.2) is 0 Å². The first-order valence-corrected chi connectivity index (χ1v) is 9.57. The fourth-order valence-electron chi connectivity index (χ4n) is 3.31. The van der Waals surface area contributed by atoms with Crippen molar-refractivity contribution in [2.24, 2.45) is 0 Å². The van der Waals surface area contributed by atoms with Crippen LogP contribution in [0.2, 0.25) is 0 Å². The van der Waals surface area contributed by atoms with E-state index < -0.39 is 0 Å².